The van der Waals surface area contributed by atoms with E-state index in [1.54, 1.807) is 42.5 Å². The molecule has 2 aliphatic heterocycles. The summed E-state index contributed by atoms with van der Waals surface area (Å²) in [4.78, 5) is 67.3. The van der Waals surface area contributed by atoms with Gasteiger partial charge in [0.1, 0.15) is 11.0 Å². The molecule has 1 aromatic heterocycles. The minimum absolute atomic E-state index is 0.187. The van der Waals surface area contributed by atoms with Crippen molar-refractivity contribution in [2.75, 3.05) is 16.8 Å². The number of aromatic amines is 1. The lowest BCUT2D eigenvalue weighted by Gasteiger charge is -2.31. The molecule has 1 saturated heterocycles. The number of non-ortho nitro benzene ring substituents is 1. The van der Waals surface area contributed by atoms with Gasteiger partial charge in [-0.2, -0.15) is 0 Å². The van der Waals surface area contributed by atoms with Gasteiger partial charge in [0, 0.05) is 44.2 Å². The van der Waals surface area contributed by atoms with E-state index < -0.39 is 39.7 Å². The van der Waals surface area contributed by atoms with Crippen molar-refractivity contribution in [1.29, 1.82) is 0 Å². The Morgan fingerprint density at radius 3 is 2.40 bits per heavy atom. The molecule has 3 amide bonds. The molecule has 4 aromatic rings. The molecule has 2 aliphatic rings. The molecule has 0 aliphatic carbocycles. The van der Waals surface area contributed by atoms with Crippen molar-refractivity contribution < 1.29 is 24.0 Å². The van der Waals surface area contributed by atoms with Crippen molar-refractivity contribution in [1.82, 2.24) is 4.98 Å². The number of anilines is 2. The van der Waals surface area contributed by atoms with Gasteiger partial charge in [0.05, 0.1) is 21.6 Å². The number of benzene rings is 3. The second kappa shape index (κ2) is 11.5. The van der Waals surface area contributed by atoms with Crippen LogP contribution in [0.3, 0.4) is 0 Å². The molecule has 2 N–H and O–H groups in total. The van der Waals surface area contributed by atoms with E-state index in [-0.39, 0.29) is 28.6 Å². The number of fused-ring (bicyclic) bond motifs is 2. The standard InChI is InChI=1S/C28H18Cl2N4O7S2/c29-13-1-4-15(5-2-13)31-20(35)12-41-19-10-3-14(30)11-18(19)21-22-24(42-25-23(21)43-28(38)32-25)27(37)33(26(22)36)16-6-8-17(9-7-16)34(39)40/h1-11,21-22,24H,12H2,(H,31,35)(H,32,38)/t21-,22?,24?/m1/s1. The highest BCUT2D eigenvalue weighted by molar-refractivity contribution is 8.00. The maximum absolute atomic E-state index is 14.0. The van der Waals surface area contributed by atoms with Crippen LogP contribution in [0.4, 0.5) is 17.1 Å². The first-order valence-electron chi connectivity index (χ1n) is 12.6. The van der Waals surface area contributed by atoms with Crippen LogP contribution in [-0.4, -0.2) is 39.5 Å². The van der Waals surface area contributed by atoms with Crippen LogP contribution in [0.1, 0.15) is 16.4 Å². The first-order valence-corrected chi connectivity index (χ1v) is 15.1. The van der Waals surface area contributed by atoms with Crippen LogP contribution in [0.2, 0.25) is 10.0 Å². The minimum Gasteiger partial charge on any atom is -0.483 e. The number of nitrogens with one attached hydrogen (secondary N) is 2. The van der Waals surface area contributed by atoms with Gasteiger partial charge in [-0.1, -0.05) is 46.3 Å². The number of aromatic nitrogens is 1. The number of imide groups is 1. The number of carbonyl (C=O) groups excluding carboxylic acids is 3. The predicted molar refractivity (Wildman–Crippen MR) is 163 cm³/mol. The number of amides is 3. The fourth-order valence-electron chi connectivity index (χ4n) is 5.10. The quantitative estimate of drug-likeness (QED) is 0.151. The van der Waals surface area contributed by atoms with Crippen LogP contribution < -0.4 is 19.8 Å². The van der Waals surface area contributed by atoms with Gasteiger partial charge in [-0.25, -0.2) is 4.90 Å². The predicted octanol–water partition coefficient (Wildman–Crippen LogP) is 5.46. The SMILES string of the molecule is O=C(COc1ccc(Cl)cc1[C@H]1c2sc(=O)[nH]c2SC2C(=O)N(c3ccc([N+](=O)[O-])cc3)C(=O)C21)Nc1ccc(Cl)cc1. The maximum atomic E-state index is 14.0. The maximum Gasteiger partial charge on any atom is 0.305 e. The summed E-state index contributed by atoms with van der Waals surface area (Å²) in [6, 6.07) is 16.4. The van der Waals surface area contributed by atoms with Gasteiger partial charge in [0.2, 0.25) is 11.8 Å². The van der Waals surface area contributed by atoms with E-state index in [0.717, 1.165) is 28.0 Å². The monoisotopic (exact) mass is 656 g/mol. The Bertz CT molecular complexity index is 1840. The van der Waals surface area contributed by atoms with Crippen molar-refractivity contribution in [2.45, 2.75) is 16.2 Å². The number of H-pyrrole nitrogens is 1. The molecule has 0 bridgehead atoms. The van der Waals surface area contributed by atoms with Crippen molar-refractivity contribution in [3.63, 3.8) is 0 Å². The highest BCUT2D eigenvalue weighted by Crippen LogP contribution is 2.54. The normalized spacial score (nSPS) is 19.1. The number of nitro benzene ring substituents is 1. The van der Waals surface area contributed by atoms with Gasteiger partial charge < -0.3 is 15.0 Å². The Hall–Kier alpha value is -4.17. The summed E-state index contributed by atoms with van der Waals surface area (Å²) >= 11 is 14.3. The van der Waals surface area contributed by atoms with Crippen LogP contribution in [-0.2, 0) is 14.4 Å². The fourth-order valence-corrected chi connectivity index (χ4v) is 7.91. The molecule has 6 rings (SSSR count). The lowest BCUT2D eigenvalue weighted by Crippen LogP contribution is -2.32. The lowest BCUT2D eigenvalue weighted by atomic mass is 9.82. The molecule has 0 saturated carbocycles. The summed E-state index contributed by atoms with van der Waals surface area (Å²) in [6.07, 6.45) is 0. The molecule has 218 valence electrons. The van der Waals surface area contributed by atoms with Gasteiger partial charge in [0.15, 0.2) is 6.61 Å². The molecular formula is C28H18Cl2N4O7S2. The number of thioether (sulfide) groups is 1. The zero-order valence-electron chi connectivity index (χ0n) is 21.6. The average Bonchev–Trinajstić information content (AvgIpc) is 3.47. The van der Waals surface area contributed by atoms with Crippen LogP contribution in [0.5, 0.6) is 5.75 Å². The van der Waals surface area contributed by atoms with Crippen LogP contribution in [0.25, 0.3) is 0 Å². The molecule has 3 heterocycles. The van der Waals surface area contributed by atoms with Crippen molar-refractivity contribution in [2.24, 2.45) is 5.92 Å². The van der Waals surface area contributed by atoms with Gasteiger partial charge in [-0.3, -0.25) is 29.3 Å². The molecule has 0 radical (unpaired) electrons. The summed E-state index contributed by atoms with van der Waals surface area (Å²) in [7, 11) is 0. The summed E-state index contributed by atoms with van der Waals surface area (Å²) in [6.45, 7) is -0.384. The molecule has 3 atom stereocenters. The molecule has 3 aromatic carbocycles. The number of nitro groups is 1. The Morgan fingerprint density at radius 2 is 1.70 bits per heavy atom. The van der Waals surface area contributed by atoms with E-state index >= 15 is 0 Å². The zero-order chi connectivity index (χ0) is 30.4. The molecule has 0 spiro atoms. The Morgan fingerprint density at radius 1 is 1.00 bits per heavy atom. The number of rotatable bonds is 7. The summed E-state index contributed by atoms with van der Waals surface area (Å²) in [5, 5.41) is 14.2. The summed E-state index contributed by atoms with van der Waals surface area (Å²) in [5.74, 6) is -3.06. The average molecular weight is 658 g/mol. The van der Waals surface area contributed by atoms with E-state index in [4.69, 9.17) is 27.9 Å². The fraction of sp³-hybridized carbons (Fsp3) is 0.143. The lowest BCUT2D eigenvalue weighted by molar-refractivity contribution is -0.384. The Kier molecular flexibility index (Phi) is 7.73. The van der Waals surface area contributed by atoms with E-state index in [9.17, 15) is 29.3 Å². The van der Waals surface area contributed by atoms with Crippen LogP contribution >= 0.6 is 46.3 Å². The molecule has 1 fully saturated rings. The van der Waals surface area contributed by atoms with E-state index in [0.29, 0.717) is 31.2 Å². The number of nitrogens with zero attached hydrogens (tertiary/aromatic N) is 2. The molecule has 11 nitrogen and oxygen atoms in total. The van der Waals surface area contributed by atoms with Gasteiger partial charge >= 0.3 is 4.87 Å². The second-order valence-corrected chi connectivity index (χ2v) is 12.6. The number of ether oxygens (including phenoxy) is 1. The largest absolute Gasteiger partial charge is 0.483 e. The Labute approximate surface area is 260 Å². The molecule has 2 unspecified atom stereocenters. The molecule has 43 heavy (non-hydrogen) atoms. The molecular weight excluding hydrogens is 639 g/mol. The van der Waals surface area contributed by atoms with Crippen molar-refractivity contribution in [3.8, 4) is 5.75 Å². The highest BCUT2D eigenvalue weighted by atomic mass is 35.5. The topological polar surface area (TPSA) is 152 Å². The smallest absolute Gasteiger partial charge is 0.305 e. The first-order chi connectivity index (χ1) is 20.6. The minimum atomic E-state index is -0.963. The number of halogens is 2. The number of hydrogen-bond acceptors (Lipinski definition) is 9. The number of carbonyl (C=O) groups is 3. The van der Waals surface area contributed by atoms with Crippen molar-refractivity contribution in [3.05, 3.63) is 107 Å². The summed E-state index contributed by atoms with van der Waals surface area (Å²) < 4.78 is 5.92. The third-order valence-corrected chi connectivity index (χ3v) is 9.82. The van der Waals surface area contributed by atoms with E-state index in [2.05, 4.69) is 10.3 Å². The highest BCUT2D eigenvalue weighted by Gasteiger charge is 2.57. The zero-order valence-corrected chi connectivity index (χ0v) is 24.8. The number of hydrogen-bond donors (Lipinski definition) is 2. The van der Waals surface area contributed by atoms with Gasteiger partial charge in [-0.15, -0.1) is 0 Å². The van der Waals surface area contributed by atoms with Gasteiger partial charge in [-0.05, 0) is 54.6 Å². The summed E-state index contributed by atoms with van der Waals surface area (Å²) in [5.41, 5.74) is 0.940. The van der Waals surface area contributed by atoms with Crippen LogP contribution in [0, 0.1) is 16.0 Å². The molecule has 15 heteroatoms. The van der Waals surface area contributed by atoms with Gasteiger partial charge in [0.25, 0.3) is 11.6 Å². The third kappa shape index (κ3) is 5.52. The van der Waals surface area contributed by atoms with Crippen molar-refractivity contribution >= 4 is 81.1 Å². The van der Waals surface area contributed by atoms with Crippen LogP contribution in [0.15, 0.2) is 76.6 Å². The third-order valence-electron chi connectivity index (χ3n) is 6.94. The van der Waals surface area contributed by atoms with E-state index in [1.165, 1.54) is 24.3 Å². The number of thiazole rings is 1. The van der Waals surface area contributed by atoms with E-state index in [1.807, 2.05) is 0 Å². The first kappa shape index (κ1) is 28.9. The second-order valence-electron chi connectivity index (χ2n) is 9.56. The Balaban J connectivity index is 1.35.